The van der Waals surface area contributed by atoms with Gasteiger partial charge >= 0.3 is 11.9 Å². The first kappa shape index (κ1) is 19.1. The van der Waals surface area contributed by atoms with E-state index < -0.39 is 11.9 Å². The van der Waals surface area contributed by atoms with Gasteiger partial charge in [0.2, 0.25) is 0 Å². The highest BCUT2D eigenvalue weighted by Crippen LogP contribution is 2.43. The van der Waals surface area contributed by atoms with Gasteiger partial charge in [-0.25, -0.2) is 9.59 Å². The van der Waals surface area contributed by atoms with E-state index in [1.165, 1.54) is 11.3 Å². The Morgan fingerprint density at radius 1 is 1.14 bits per heavy atom. The van der Waals surface area contributed by atoms with E-state index in [0.29, 0.717) is 27.1 Å². The second-order valence-corrected chi connectivity index (χ2v) is 8.28. The maximum absolute atomic E-state index is 12.8. The van der Waals surface area contributed by atoms with Crippen molar-refractivity contribution in [2.24, 2.45) is 7.05 Å². The normalized spacial score (nSPS) is 14.1. The maximum Gasteiger partial charge on any atom is 0.347 e. The van der Waals surface area contributed by atoms with E-state index in [9.17, 15) is 20.0 Å². The van der Waals surface area contributed by atoms with Gasteiger partial charge in [0.25, 0.3) is 0 Å². The van der Waals surface area contributed by atoms with Crippen molar-refractivity contribution < 1.29 is 19.4 Å². The van der Waals surface area contributed by atoms with Gasteiger partial charge in [0.15, 0.2) is 0 Å². The Bertz CT molecular complexity index is 1300. The summed E-state index contributed by atoms with van der Waals surface area (Å²) < 4.78 is 6.97. The van der Waals surface area contributed by atoms with Crippen LogP contribution in [0.15, 0.2) is 18.2 Å². The van der Waals surface area contributed by atoms with E-state index in [4.69, 9.17) is 4.74 Å². The minimum absolute atomic E-state index is 0.132. The first-order valence-electron chi connectivity index (χ1n) is 9.00. The molecular formula is C22H18N2O4S. The molecule has 0 saturated heterocycles. The average molecular weight is 406 g/mol. The Hall–Kier alpha value is -3.21. The first-order valence-corrected chi connectivity index (χ1v) is 9.82. The second-order valence-electron chi connectivity index (χ2n) is 7.06. The topological polar surface area (TPSA) is 92.3 Å². The smallest absolute Gasteiger partial charge is 0.347 e. The largest absolute Gasteiger partial charge is 0.392 e. The molecule has 3 heterocycles. The summed E-state index contributed by atoms with van der Waals surface area (Å²) in [5.74, 6) is -1.40. The van der Waals surface area contributed by atoms with Gasteiger partial charge in [-0.15, -0.1) is 11.3 Å². The Morgan fingerprint density at radius 3 is 2.38 bits per heavy atom. The molecule has 4 rings (SSSR count). The van der Waals surface area contributed by atoms with Crippen molar-refractivity contribution in [2.45, 2.75) is 27.4 Å². The lowest BCUT2D eigenvalue weighted by Crippen LogP contribution is -2.02. The molecule has 0 aliphatic carbocycles. The summed E-state index contributed by atoms with van der Waals surface area (Å²) in [4.78, 5) is 26.8. The first-order chi connectivity index (χ1) is 13.8. The number of fused-ring (bicyclic) bond motifs is 1. The SMILES string of the molecule is Cc1sc(C#N)c(C)c1C1=C(c2c(C)n(C)c3ccc(CO)cc23)C(=O)OC1=O. The van der Waals surface area contributed by atoms with Gasteiger partial charge in [0.05, 0.1) is 17.8 Å². The molecule has 0 atom stereocenters. The number of hydrogen-bond donors (Lipinski definition) is 1. The van der Waals surface area contributed by atoms with Crippen LogP contribution < -0.4 is 0 Å². The van der Waals surface area contributed by atoms with Crippen LogP contribution in [0.25, 0.3) is 22.0 Å². The molecule has 1 aromatic carbocycles. The molecule has 146 valence electrons. The van der Waals surface area contributed by atoms with Gasteiger partial charge in [0, 0.05) is 39.6 Å². The zero-order valence-corrected chi connectivity index (χ0v) is 17.2. The van der Waals surface area contributed by atoms with Gasteiger partial charge in [-0.2, -0.15) is 5.26 Å². The Labute approximate surface area is 171 Å². The quantitative estimate of drug-likeness (QED) is 0.531. The number of aryl methyl sites for hydroxylation is 2. The Morgan fingerprint density at radius 2 is 1.79 bits per heavy atom. The lowest BCUT2D eigenvalue weighted by Gasteiger charge is -2.06. The van der Waals surface area contributed by atoms with Crippen LogP contribution in [0.4, 0.5) is 0 Å². The van der Waals surface area contributed by atoms with Crippen LogP contribution in [0.2, 0.25) is 0 Å². The molecule has 7 heteroatoms. The predicted molar refractivity (Wildman–Crippen MR) is 110 cm³/mol. The predicted octanol–water partition coefficient (Wildman–Crippen LogP) is 3.52. The van der Waals surface area contributed by atoms with Gasteiger partial charge in [0.1, 0.15) is 10.9 Å². The number of ether oxygens (including phenoxy) is 1. The number of cyclic esters (lactones) is 2. The summed E-state index contributed by atoms with van der Waals surface area (Å²) in [6, 6.07) is 7.68. The molecule has 29 heavy (non-hydrogen) atoms. The van der Waals surface area contributed by atoms with E-state index in [-0.39, 0.29) is 17.8 Å². The van der Waals surface area contributed by atoms with Crippen LogP contribution >= 0.6 is 11.3 Å². The highest BCUT2D eigenvalue weighted by atomic mass is 32.1. The zero-order valence-electron chi connectivity index (χ0n) is 16.4. The molecule has 0 amide bonds. The maximum atomic E-state index is 12.8. The Balaban J connectivity index is 2.14. The molecule has 1 aliphatic rings. The fraction of sp³-hybridized carbons (Fsp3) is 0.227. The van der Waals surface area contributed by atoms with E-state index in [1.807, 2.05) is 43.7 Å². The number of nitriles is 1. The fourth-order valence-electron chi connectivity index (χ4n) is 4.01. The number of aliphatic hydroxyl groups excluding tert-OH is 1. The fourth-order valence-corrected chi connectivity index (χ4v) is 4.97. The number of nitrogens with zero attached hydrogens (tertiary/aromatic N) is 2. The summed E-state index contributed by atoms with van der Waals surface area (Å²) in [5.41, 5.74) is 4.68. The standard InChI is InChI=1S/C22H18N2O4S/c1-10-16(8-23)29-12(3)17(10)19-20(22(27)28-21(19)26)18-11(2)24(4)15-6-5-13(9-25)7-14(15)18/h5-7,25H,9H2,1-4H3. The molecule has 0 spiro atoms. The molecule has 1 N–H and O–H groups in total. The van der Waals surface area contributed by atoms with Crippen molar-refractivity contribution in [3.05, 3.63) is 55.9 Å². The highest BCUT2D eigenvalue weighted by Gasteiger charge is 2.39. The molecule has 0 unspecified atom stereocenters. The van der Waals surface area contributed by atoms with Crippen molar-refractivity contribution in [3.63, 3.8) is 0 Å². The van der Waals surface area contributed by atoms with Gasteiger partial charge in [-0.1, -0.05) is 6.07 Å². The Kier molecular flexibility index (Phi) is 4.41. The van der Waals surface area contributed by atoms with Crippen LogP contribution in [-0.2, 0) is 28.0 Å². The summed E-state index contributed by atoms with van der Waals surface area (Å²) in [6.07, 6.45) is 0. The number of benzene rings is 1. The van der Waals surface area contributed by atoms with E-state index in [0.717, 1.165) is 21.5 Å². The number of aromatic nitrogens is 1. The van der Waals surface area contributed by atoms with E-state index in [1.54, 1.807) is 6.92 Å². The summed E-state index contributed by atoms with van der Waals surface area (Å²) in [5, 5.41) is 19.7. The number of aliphatic hydroxyl groups is 1. The van der Waals surface area contributed by atoms with Gasteiger partial charge < -0.3 is 14.4 Å². The van der Waals surface area contributed by atoms with Crippen LogP contribution in [0.1, 0.15) is 37.7 Å². The molecule has 3 aromatic rings. The van der Waals surface area contributed by atoms with Crippen LogP contribution in [-0.4, -0.2) is 21.6 Å². The second kappa shape index (κ2) is 6.69. The number of esters is 2. The molecule has 6 nitrogen and oxygen atoms in total. The third-order valence-corrected chi connectivity index (χ3v) is 6.62. The lowest BCUT2D eigenvalue weighted by atomic mass is 9.92. The zero-order chi connectivity index (χ0) is 21.0. The van der Waals surface area contributed by atoms with E-state index >= 15 is 0 Å². The molecule has 0 radical (unpaired) electrons. The summed E-state index contributed by atoms with van der Waals surface area (Å²) in [6.45, 7) is 5.35. The average Bonchev–Trinajstić information content (AvgIpc) is 3.23. The molecule has 0 fully saturated rings. The molecule has 1 aliphatic heterocycles. The van der Waals surface area contributed by atoms with Crippen molar-refractivity contribution in [3.8, 4) is 6.07 Å². The minimum Gasteiger partial charge on any atom is -0.392 e. The van der Waals surface area contributed by atoms with Crippen LogP contribution in [0.5, 0.6) is 0 Å². The number of rotatable bonds is 3. The number of carbonyl (C=O) groups excluding carboxylic acids is 2. The highest BCUT2D eigenvalue weighted by molar-refractivity contribution is 7.13. The van der Waals surface area contributed by atoms with Crippen molar-refractivity contribution in [1.29, 1.82) is 5.26 Å². The monoisotopic (exact) mass is 406 g/mol. The minimum atomic E-state index is -0.701. The van der Waals surface area contributed by atoms with Crippen LogP contribution in [0.3, 0.4) is 0 Å². The molecular weight excluding hydrogens is 388 g/mol. The van der Waals surface area contributed by atoms with Crippen molar-refractivity contribution >= 4 is 45.3 Å². The van der Waals surface area contributed by atoms with Crippen LogP contribution in [0, 0.1) is 32.1 Å². The molecule has 2 aromatic heterocycles. The number of carbonyl (C=O) groups is 2. The summed E-state index contributed by atoms with van der Waals surface area (Å²) >= 11 is 1.29. The summed E-state index contributed by atoms with van der Waals surface area (Å²) in [7, 11) is 1.89. The van der Waals surface area contributed by atoms with Crippen molar-refractivity contribution in [2.75, 3.05) is 0 Å². The third kappa shape index (κ3) is 2.64. The third-order valence-electron chi connectivity index (χ3n) is 5.51. The lowest BCUT2D eigenvalue weighted by molar-refractivity contribution is -0.149. The van der Waals surface area contributed by atoms with Gasteiger partial charge in [-0.3, -0.25) is 0 Å². The molecule has 0 saturated carbocycles. The number of hydrogen-bond acceptors (Lipinski definition) is 6. The van der Waals surface area contributed by atoms with Crippen molar-refractivity contribution in [1.82, 2.24) is 4.57 Å². The number of thiophene rings is 1. The molecule has 0 bridgehead atoms. The van der Waals surface area contributed by atoms with Gasteiger partial charge in [-0.05, 0) is 44.0 Å². The van der Waals surface area contributed by atoms with E-state index in [2.05, 4.69) is 6.07 Å².